The predicted octanol–water partition coefficient (Wildman–Crippen LogP) is 0.704. The zero-order valence-corrected chi connectivity index (χ0v) is 13.0. The zero-order chi connectivity index (χ0) is 16.7. The Kier molecular flexibility index (Phi) is 4.13. The van der Waals surface area contributed by atoms with E-state index in [2.05, 4.69) is 0 Å². The fourth-order valence-corrected chi connectivity index (χ4v) is 4.64. The minimum atomic E-state index is -4.12. The van der Waals surface area contributed by atoms with Crippen molar-refractivity contribution >= 4 is 16.0 Å². The van der Waals surface area contributed by atoms with Gasteiger partial charge in [0.05, 0.1) is 30.9 Å². The van der Waals surface area contributed by atoms with Gasteiger partial charge in [-0.25, -0.2) is 17.6 Å². The van der Waals surface area contributed by atoms with Gasteiger partial charge in [-0.15, -0.1) is 0 Å². The van der Waals surface area contributed by atoms with Gasteiger partial charge in [-0.1, -0.05) is 0 Å². The molecule has 23 heavy (non-hydrogen) atoms. The molecule has 126 valence electrons. The predicted molar refractivity (Wildman–Crippen MR) is 76.2 cm³/mol. The molecule has 0 unspecified atom stereocenters. The van der Waals surface area contributed by atoms with Crippen molar-refractivity contribution in [3.63, 3.8) is 0 Å². The fraction of sp³-hybridized carbons (Fsp3) is 0.500. The Morgan fingerprint density at radius 2 is 2.00 bits per heavy atom. The van der Waals surface area contributed by atoms with Crippen molar-refractivity contribution in [2.24, 2.45) is 0 Å². The van der Waals surface area contributed by atoms with Gasteiger partial charge >= 0.3 is 5.97 Å². The first-order chi connectivity index (χ1) is 10.9. The Labute approximate surface area is 132 Å². The number of ether oxygens (including phenoxy) is 2. The van der Waals surface area contributed by atoms with Crippen molar-refractivity contribution in [2.75, 3.05) is 33.0 Å². The van der Waals surface area contributed by atoms with Crippen LogP contribution in [0.2, 0.25) is 0 Å². The summed E-state index contributed by atoms with van der Waals surface area (Å²) < 4.78 is 51.7. The first-order valence-electron chi connectivity index (χ1n) is 7.08. The number of benzene rings is 1. The highest BCUT2D eigenvalue weighted by Crippen LogP contribution is 2.35. The number of rotatable bonds is 3. The summed E-state index contributed by atoms with van der Waals surface area (Å²) in [6.07, 6.45) is 0.473. The van der Waals surface area contributed by atoms with Crippen molar-refractivity contribution in [3.8, 4) is 0 Å². The number of sulfonamides is 1. The third kappa shape index (κ3) is 2.74. The summed E-state index contributed by atoms with van der Waals surface area (Å²) in [5.74, 6) is -2.40. The molecule has 2 aliphatic rings. The lowest BCUT2D eigenvalue weighted by Crippen LogP contribution is -2.63. The summed E-state index contributed by atoms with van der Waals surface area (Å²) in [6, 6.07) is 2.79. The van der Waals surface area contributed by atoms with E-state index in [0.29, 0.717) is 19.1 Å². The van der Waals surface area contributed by atoms with Gasteiger partial charge in [-0.3, -0.25) is 0 Å². The second-order valence-corrected chi connectivity index (χ2v) is 7.44. The highest BCUT2D eigenvalue weighted by Gasteiger charge is 2.50. The van der Waals surface area contributed by atoms with E-state index in [9.17, 15) is 17.6 Å². The summed E-state index contributed by atoms with van der Waals surface area (Å²) in [4.78, 5) is 10.3. The van der Waals surface area contributed by atoms with E-state index in [0.717, 1.165) is 12.1 Å². The molecule has 2 fully saturated rings. The van der Waals surface area contributed by atoms with Crippen LogP contribution in [0.4, 0.5) is 4.39 Å². The first kappa shape index (κ1) is 16.3. The summed E-state index contributed by atoms with van der Waals surface area (Å²) in [6.45, 7) is 1.21. The van der Waals surface area contributed by atoms with Crippen molar-refractivity contribution in [1.29, 1.82) is 0 Å². The smallest absolute Gasteiger partial charge is 0.335 e. The quantitative estimate of drug-likeness (QED) is 0.867. The Morgan fingerprint density at radius 1 is 1.26 bits per heavy atom. The highest BCUT2D eigenvalue weighted by molar-refractivity contribution is 7.89. The molecular weight excluding hydrogens is 329 g/mol. The zero-order valence-electron chi connectivity index (χ0n) is 12.2. The van der Waals surface area contributed by atoms with E-state index in [1.165, 1.54) is 4.31 Å². The molecule has 0 saturated carbocycles. The molecule has 1 N–H and O–H groups in total. The molecule has 0 aliphatic carbocycles. The lowest BCUT2D eigenvalue weighted by Gasteiger charge is -2.47. The van der Waals surface area contributed by atoms with Crippen LogP contribution < -0.4 is 0 Å². The fourth-order valence-electron chi connectivity index (χ4n) is 2.84. The number of carbonyl (C=O) groups is 1. The number of nitrogens with zero attached hydrogens (tertiary/aromatic N) is 1. The third-order valence-corrected chi connectivity index (χ3v) is 6.20. The largest absolute Gasteiger partial charge is 0.478 e. The van der Waals surface area contributed by atoms with Gasteiger partial charge in [0.25, 0.3) is 0 Å². The third-order valence-electron chi connectivity index (χ3n) is 4.17. The second kappa shape index (κ2) is 5.82. The number of halogens is 1. The molecule has 0 aromatic heterocycles. The van der Waals surface area contributed by atoms with E-state index in [-0.39, 0.29) is 31.9 Å². The van der Waals surface area contributed by atoms with Gasteiger partial charge in [0.1, 0.15) is 10.7 Å². The molecule has 0 amide bonds. The monoisotopic (exact) mass is 345 g/mol. The van der Waals surface area contributed by atoms with Gasteiger partial charge in [-0.2, -0.15) is 4.31 Å². The van der Waals surface area contributed by atoms with Crippen LogP contribution in [0, 0.1) is 5.82 Å². The molecule has 1 aromatic rings. The molecule has 3 rings (SSSR count). The summed E-state index contributed by atoms with van der Waals surface area (Å²) in [5.41, 5.74) is -1.02. The van der Waals surface area contributed by atoms with Gasteiger partial charge in [-0.05, 0) is 24.6 Å². The maximum absolute atomic E-state index is 14.2. The maximum Gasteiger partial charge on any atom is 0.335 e. The topological polar surface area (TPSA) is 93.1 Å². The highest BCUT2D eigenvalue weighted by atomic mass is 32.2. The average molecular weight is 345 g/mol. The number of carboxylic acid groups (broad SMARTS) is 1. The number of hydrogen-bond donors (Lipinski definition) is 1. The summed E-state index contributed by atoms with van der Waals surface area (Å²) in [5, 5.41) is 8.86. The van der Waals surface area contributed by atoms with Crippen molar-refractivity contribution in [3.05, 3.63) is 29.6 Å². The summed E-state index contributed by atoms with van der Waals surface area (Å²) in [7, 11) is -4.12. The Bertz CT molecular complexity index is 731. The molecule has 1 spiro atoms. The summed E-state index contributed by atoms with van der Waals surface area (Å²) >= 11 is 0. The average Bonchev–Trinajstić information content (AvgIpc) is 2.69. The van der Waals surface area contributed by atoms with Crippen LogP contribution in [0.15, 0.2) is 23.1 Å². The normalized spacial score (nSPS) is 21.6. The van der Waals surface area contributed by atoms with E-state index < -0.39 is 32.2 Å². The van der Waals surface area contributed by atoms with Gasteiger partial charge in [0, 0.05) is 13.2 Å². The first-order valence-corrected chi connectivity index (χ1v) is 8.52. The molecule has 2 heterocycles. The maximum atomic E-state index is 14.2. The molecule has 0 radical (unpaired) electrons. The Morgan fingerprint density at radius 3 is 2.57 bits per heavy atom. The second-order valence-electron chi connectivity index (χ2n) is 5.61. The van der Waals surface area contributed by atoms with Gasteiger partial charge in [0.15, 0.2) is 0 Å². The van der Waals surface area contributed by atoms with Crippen LogP contribution in [-0.2, 0) is 19.5 Å². The lowest BCUT2D eigenvalue weighted by atomic mass is 9.94. The van der Waals surface area contributed by atoms with E-state index in [1.807, 2.05) is 0 Å². The molecule has 7 nitrogen and oxygen atoms in total. The van der Waals surface area contributed by atoms with Crippen LogP contribution >= 0.6 is 0 Å². The van der Waals surface area contributed by atoms with Gasteiger partial charge in [0.2, 0.25) is 10.0 Å². The standard InChI is InChI=1S/C14H16FNO6S/c15-11-7-10(13(17)18)1-2-12(11)23(19,20)16-4-6-21-5-3-14(16)8-22-9-14/h1-2,7H,3-6,8-9H2,(H,17,18). The lowest BCUT2D eigenvalue weighted by molar-refractivity contribution is -0.111. The van der Waals surface area contributed by atoms with Crippen molar-refractivity contribution in [1.82, 2.24) is 4.31 Å². The van der Waals surface area contributed by atoms with Crippen molar-refractivity contribution in [2.45, 2.75) is 16.9 Å². The van der Waals surface area contributed by atoms with Crippen LogP contribution in [-0.4, -0.2) is 62.3 Å². The number of hydrogen-bond acceptors (Lipinski definition) is 5. The molecule has 0 bridgehead atoms. The number of aromatic carboxylic acids is 1. The molecule has 2 saturated heterocycles. The minimum Gasteiger partial charge on any atom is -0.478 e. The SMILES string of the molecule is O=C(O)c1ccc(S(=O)(=O)N2CCOCCC23COC3)c(F)c1. The van der Waals surface area contributed by atoms with Gasteiger partial charge < -0.3 is 14.6 Å². The van der Waals surface area contributed by atoms with Crippen molar-refractivity contribution < 1.29 is 32.2 Å². The van der Waals surface area contributed by atoms with Crippen LogP contribution in [0.5, 0.6) is 0 Å². The van der Waals surface area contributed by atoms with E-state index in [4.69, 9.17) is 14.6 Å². The molecule has 1 aromatic carbocycles. The van der Waals surface area contributed by atoms with E-state index >= 15 is 0 Å². The van der Waals surface area contributed by atoms with E-state index in [1.54, 1.807) is 0 Å². The van der Waals surface area contributed by atoms with Crippen LogP contribution in [0.3, 0.4) is 0 Å². The molecular formula is C14H16FNO6S. The Hall–Kier alpha value is -1.55. The molecule has 2 aliphatic heterocycles. The van der Waals surface area contributed by atoms with Crippen LogP contribution in [0.25, 0.3) is 0 Å². The molecule has 0 atom stereocenters. The molecule has 9 heteroatoms. The van der Waals surface area contributed by atoms with Crippen LogP contribution in [0.1, 0.15) is 16.8 Å². The minimum absolute atomic E-state index is 0.103. The number of carboxylic acids is 1. The Balaban J connectivity index is 2.01.